The van der Waals surface area contributed by atoms with Crippen LogP contribution < -0.4 is 5.73 Å². The molecule has 3 aromatic rings. The van der Waals surface area contributed by atoms with Gasteiger partial charge in [0.05, 0.1) is 11.3 Å². The predicted octanol–water partition coefficient (Wildman–Crippen LogP) is 3.56. The molecule has 1 amide bonds. The number of carbonyl (C=O) groups excluding carboxylic acids is 1. The Morgan fingerprint density at radius 1 is 1.11 bits per heavy atom. The molecule has 138 valence electrons. The molecule has 3 rings (SSSR count). The Kier molecular flexibility index (Phi) is 6.10. The molecular formula is C21H23N5O. The molecule has 0 atom stereocenters. The van der Waals surface area contributed by atoms with Gasteiger partial charge in [0.25, 0.3) is 5.91 Å². The van der Waals surface area contributed by atoms with E-state index >= 15 is 0 Å². The minimum absolute atomic E-state index is 0.105. The van der Waals surface area contributed by atoms with E-state index in [1.807, 2.05) is 47.4 Å². The zero-order valence-electron chi connectivity index (χ0n) is 15.4. The number of nitrogens with zero attached hydrogens (tertiary/aromatic N) is 4. The fourth-order valence-electron chi connectivity index (χ4n) is 2.85. The van der Waals surface area contributed by atoms with Gasteiger partial charge in [-0.05, 0) is 18.1 Å². The molecule has 6 nitrogen and oxygen atoms in total. The second-order valence-electron chi connectivity index (χ2n) is 6.30. The summed E-state index contributed by atoms with van der Waals surface area (Å²) in [5, 5.41) is 0. The number of hydrogen-bond donors (Lipinski definition) is 1. The van der Waals surface area contributed by atoms with Gasteiger partial charge in [-0.1, -0.05) is 49.7 Å². The minimum atomic E-state index is -0.105. The van der Waals surface area contributed by atoms with Gasteiger partial charge in [0.2, 0.25) is 5.95 Å². The first-order valence-corrected chi connectivity index (χ1v) is 9.05. The molecule has 0 unspecified atom stereocenters. The first-order valence-electron chi connectivity index (χ1n) is 9.05. The number of rotatable bonds is 7. The lowest BCUT2D eigenvalue weighted by Gasteiger charge is -2.23. The lowest BCUT2D eigenvalue weighted by molar-refractivity contribution is 0.0740. The highest BCUT2D eigenvalue weighted by Crippen LogP contribution is 2.23. The largest absolute Gasteiger partial charge is 0.368 e. The molecule has 6 heteroatoms. The molecule has 2 aromatic heterocycles. The summed E-state index contributed by atoms with van der Waals surface area (Å²) in [5.74, 6) is 0.0453. The smallest absolute Gasteiger partial charge is 0.257 e. The fraction of sp³-hybridized carbons (Fsp3) is 0.238. The van der Waals surface area contributed by atoms with E-state index in [1.165, 1.54) is 6.20 Å². The van der Waals surface area contributed by atoms with Crippen LogP contribution in [0.5, 0.6) is 0 Å². The average molecular weight is 361 g/mol. The molecule has 0 aliphatic heterocycles. The SMILES string of the molecule is CCCCN(Cc1cccnc1)C(=O)c1cnc(N)nc1-c1ccccc1. The van der Waals surface area contributed by atoms with Crippen LogP contribution in [0.4, 0.5) is 5.95 Å². The van der Waals surface area contributed by atoms with Crippen LogP contribution in [0.2, 0.25) is 0 Å². The number of nitrogens with two attached hydrogens (primary N) is 1. The quantitative estimate of drug-likeness (QED) is 0.695. The number of amides is 1. The number of hydrogen-bond acceptors (Lipinski definition) is 5. The Balaban J connectivity index is 1.96. The van der Waals surface area contributed by atoms with Crippen molar-refractivity contribution in [3.63, 3.8) is 0 Å². The fourth-order valence-corrected chi connectivity index (χ4v) is 2.85. The van der Waals surface area contributed by atoms with Crippen molar-refractivity contribution in [2.75, 3.05) is 12.3 Å². The maximum Gasteiger partial charge on any atom is 0.257 e. The molecule has 27 heavy (non-hydrogen) atoms. The highest BCUT2D eigenvalue weighted by Gasteiger charge is 2.21. The van der Waals surface area contributed by atoms with Gasteiger partial charge in [0, 0.05) is 37.2 Å². The lowest BCUT2D eigenvalue weighted by atomic mass is 10.1. The van der Waals surface area contributed by atoms with Gasteiger partial charge in [-0.2, -0.15) is 0 Å². The number of benzene rings is 1. The van der Waals surface area contributed by atoms with Crippen LogP contribution in [0.15, 0.2) is 61.1 Å². The van der Waals surface area contributed by atoms with Crippen LogP contribution in [-0.2, 0) is 6.54 Å². The Hall–Kier alpha value is -3.28. The van der Waals surface area contributed by atoms with E-state index in [4.69, 9.17) is 5.73 Å². The van der Waals surface area contributed by atoms with Crippen molar-refractivity contribution in [3.05, 3.63) is 72.2 Å². The third kappa shape index (κ3) is 4.67. The van der Waals surface area contributed by atoms with Crippen LogP contribution in [0.1, 0.15) is 35.7 Å². The van der Waals surface area contributed by atoms with Gasteiger partial charge in [0.1, 0.15) is 0 Å². The molecule has 0 aliphatic carbocycles. The monoisotopic (exact) mass is 361 g/mol. The summed E-state index contributed by atoms with van der Waals surface area (Å²) in [4.78, 5) is 27.7. The number of unbranched alkanes of at least 4 members (excludes halogenated alkanes) is 1. The van der Waals surface area contributed by atoms with E-state index < -0.39 is 0 Å². The molecule has 1 aromatic carbocycles. The lowest BCUT2D eigenvalue weighted by Crippen LogP contribution is -2.32. The van der Waals surface area contributed by atoms with Gasteiger partial charge in [-0.15, -0.1) is 0 Å². The molecular weight excluding hydrogens is 338 g/mol. The zero-order chi connectivity index (χ0) is 19.1. The first-order chi connectivity index (χ1) is 13.2. The molecule has 0 radical (unpaired) electrons. The van der Waals surface area contributed by atoms with Gasteiger partial charge < -0.3 is 10.6 Å². The van der Waals surface area contributed by atoms with Crippen LogP contribution in [0, 0.1) is 0 Å². The molecule has 2 N–H and O–H groups in total. The van der Waals surface area contributed by atoms with E-state index in [1.54, 1.807) is 12.4 Å². The van der Waals surface area contributed by atoms with Crippen molar-refractivity contribution in [1.82, 2.24) is 19.9 Å². The van der Waals surface area contributed by atoms with Crippen molar-refractivity contribution in [2.24, 2.45) is 0 Å². The summed E-state index contributed by atoms with van der Waals surface area (Å²) in [6, 6.07) is 13.4. The summed E-state index contributed by atoms with van der Waals surface area (Å²) in [6.45, 7) is 3.25. The zero-order valence-corrected chi connectivity index (χ0v) is 15.4. The standard InChI is InChI=1S/C21H23N5O/c1-2-3-12-26(15-16-8-7-11-23-13-16)20(27)18-14-24-21(22)25-19(18)17-9-5-4-6-10-17/h4-11,13-14H,2-3,12,15H2,1H3,(H2,22,24,25). The van der Waals surface area contributed by atoms with E-state index in [0.717, 1.165) is 24.0 Å². The molecule has 0 saturated carbocycles. The van der Waals surface area contributed by atoms with Crippen LogP contribution in [0.25, 0.3) is 11.3 Å². The van der Waals surface area contributed by atoms with E-state index in [9.17, 15) is 4.79 Å². The number of nitrogen functional groups attached to an aromatic ring is 1. The number of anilines is 1. The van der Waals surface area contributed by atoms with Crippen molar-refractivity contribution < 1.29 is 4.79 Å². The maximum absolute atomic E-state index is 13.3. The molecule has 0 bridgehead atoms. The van der Waals surface area contributed by atoms with Crippen molar-refractivity contribution in [1.29, 1.82) is 0 Å². The third-order valence-electron chi connectivity index (χ3n) is 4.25. The van der Waals surface area contributed by atoms with Gasteiger partial charge in [-0.3, -0.25) is 9.78 Å². The molecule has 0 saturated heterocycles. The average Bonchev–Trinajstić information content (AvgIpc) is 2.72. The van der Waals surface area contributed by atoms with Crippen molar-refractivity contribution in [3.8, 4) is 11.3 Å². The molecule has 0 spiro atoms. The Morgan fingerprint density at radius 3 is 2.63 bits per heavy atom. The van der Waals surface area contributed by atoms with Crippen LogP contribution in [-0.4, -0.2) is 32.3 Å². The van der Waals surface area contributed by atoms with Gasteiger partial charge in [-0.25, -0.2) is 9.97 Å². The Bertz CT molecular complexity index is 884. The molecule has 2 heterocycles. The van der Waals surface area contributed by atoms with Crippen molar-refractivity contribution in [2.45, 2.75) is 26.3 Å². The van der Waals surface area contributed by atoms with Crippen molar-refractivity contribution >= 4 is 11.9 Å². The second-order valence-corrected chi connectivity index (χ2v) is 6.30. The third-order valence-corrected chi connectivity index (χ3v) is 4.25. The molecule has 0 fully saturated rings. The van der Waals surface area contributed by atoms with E-state index in [2.05, 4.69) is 21.9 Å². The minimum Gasteiger partial charge on any atom is -0.368 e. The number of pyridine rings is 1. The summed E-state index contributed by atoms with van der Waals surface area (Å²) in [7, 11) is 0. The van der Waals surface area contributed by atoms with Crippen LogP contribution >= 0.6 is 0 Å². The highest BCUT2D eigenvalue weighted by atomic mass is 16.2. The summed E-state index contributed by atoms with van der Waals surface area (Å²) in [5.41, 5.74) is 8.63. The van der Waals surface area contributed by atoms with Gasteiger partial charge >= 0.3 is 0 Å². The topological polar surface area (TPSA) is 85.0 Å². The Morgan fingerprint density at radius 2 is 1.93 bits per heavy atom. The highest BCUT2D eigenvalue weighted by molar-refractivity contribution is 5.99. The number of aromatic nitrogens is 3. The van der Waals surface area contributed by atoms with E-state index in [-0.39, 0.29) is 11.9 Å². The Labute approximate surface area is 159 Å². The predicted molar refractivity (Wildman–Crippen MR) is 106 cm³/mol. The van der Waals surface area contributed by atoms with Gasteiger partial charge in [0.15, 0.2) is 0 Å². The summed E-state index contributed by atoms with van der Waals surface area (Å²) >= 11 is 0. The summed E-state index contributed by atoms with van der Waals surface area (Å²) in [6.07, 6.45) is 6.95. The normalized spacial score (nSPS) is 10.6. The second kappa shape index (κ2) is 8.89. The summed E-state index contributed by atoms with van der Waals surface area (Å²) < 4.78 is 0. The number of carbonyl (C=O) groups is 1. The molecule has 0 aliphatic rings. The van der Waals surface area contributed by atoms with Crippen LogP contribution in [0.3, 0.4) is 0 Å². The maximum atomic E-state index is 13.3. The van der Waals surface area contributed by atoms with E-state index in [0.29, 0.717) is 24.3 Å². The first kappa shape index (κ1) is 18.5.